The molecule has 2 fully saturated rings. The van der Waals surface area contributed by atoms with Gasteiger partial charge in [-0.25, -0.2) is 5.84 Å². The summed E-state index contributed by atoms with van der Waals surface area (Å²) < 4.78 is 11.0. The van der Waals surface area contributed by atoms with Crippen molar-refractivity contribution in [3.05, 3.63) is 17.5 Å². The molecule has 19 heavy (non-hydrogen) atoms. The van der Waals surface area contributed by atoms with Crippen molar-refractivity contribution in [3.63, 3.8) is 0 Å². The number of nitrogens with two attached hydrogens (primary N) is 1. The van der Waals surface area contributed by atoms with Crippen LogP contribution >= 0.6 is 0 Å². The number of ether oxygens (including phenoxy) is 1. The van der Waals surface area contributed by atoms with Gasteiger partial charge >= 0.3 is 0 Å². The van der Waals surface area contributed by atoms with E-state index >= 15 is 0 Å². The normalized spacial score (nSPS) is 27.2. The van der Waals surface area contributed by atoms with E-state index in [1.807, 2.05) is 5.43 Å². The number of rotatable bonds is 3. The number of nitrogen functional groups attached to an aromatic ring is 1. The topological polar surface area (TPSA) is 93.6 Å². The third-order valence-corrected chi connectivity index (χ3v) is 3.88. The highest BCUT2D eigenvalue weighted by atomic mass is 16.5. The molecule has 3 rings (SSSR count). The van der Waals surface area contributed by atoms with Gasteiger partial charge in [-0.15, -0.1) is 0 Å². The maximum absolute atomic E-state index is 11.3. The molecule has 1 aliphatic heterocycles. The van der Waals surface area contributed by atoms with Crippen LogP contribution in [-0.2, 0) is 11.3 Å². The molecule has 2 aliphatic rings. The first-order valence-corrected chi connectivity index (χ1v) is 6.60. The molecule has 2 heterocycles. The number of morpholine rings is 1. The number of hydrogen-bond acceptors (Lipinski definition) is 6. The number of carbonyl (C=O) groups is 1. The number of nitrogens with zero attached hydrogens (tertiary/aromatic N) is 2. The molecule has 104 valence electrons. The Bertz CT molecular complexity index is 462. The first-order valence-electron chi connectivity index (χ1n) is 6.60. The number of carbonyl (C=O) groups excluding carboxylic acids is 1. The Morgan fingerprint density at radius 3 is 3.32 bits per heavy atom. The van der Waals surface area contributed by atoms with Crippen molar-refractivity contribution in [2.45, 2.75) is 38.0 Å². The van der Waals surface area contributed by atoms with Crippen molar-refractivity contribution in [2.75, 3.05) is 13.2 Å². The van der Waals surface area contributed by atoms with Gasteiger partial charge < -0.3 is 9.26 Å². The standard InChI is InChI=1S/C12H18N4O3/c13-14-12(17)9-6-8(19-15-9)7-16-4-5-18-11-3-1-2-10(11)16/h6,10-11H,1-5,7,13H2,(H,14,17). The minimum absolute atomic E-state index is 0.216. The molecule has 2 unspecified atom stereocenters. The monoisotopic (exact) mass is 266 g/mol. The van der Waals surface area contributed by atoms with Crippen LogP contribution in [0.3, 0.4) is 0 Å². The SMILES string of the molecule is NNC(=O)c1cc(CN2CCOC3CCCC32)on1. The molecule has 3 N–H and O–H groups in total. The van der Waals surface area contributed by atoms with Crippen molar-refractivity contribution in [1.29, 1.82) is 0 Å². The van der Waals surface area contributed by atoms with E-state index in [4.69, 9.17) is 15.1 Å². The van der Waals surface area contributed by atoms with Crippen LogP contribution in [0, 0.1) is 0 Å². The zero-order chi connectivity index (χ0) is 13.2. The highest BCUT2D eigenvalue weighted by Gasteiger charge is 2.36. The van der Waals surface area contributed by atoms with Crippen LogP contribution in [-0.4, -0.2) is 41.3 Å². The van der Waals surface area contributed by atoms with E-state index in [9.17, 15) is 4.79 Å². The third kappa shape index (κ3) is 2.49. The van der Waals surface area contributed by atoms with E-state index in [1.165, 1.54) is 6.42 Å². The quantitative estimate of drug-likeness (QED) is 0.455. The van der Waals surface area contributed by atoms with E-state index in [2.05, 4.69) is 10.1 Å². The molecule has 1 amide bonds. The summed E-state index contributed by atoms with van der Waals surface area (Å²) in [7, 11) is 0. The number of aromatic nitrogens is 1. The summed E-state index contributed by atoms with van der Waals surface area (Å²) in [4.78, 5) is 13.7. The molecule has 7 heteroatoms. The molecular weight excluding hydrogens is 248 g/mol. The van der Waals surface area contributed by atoms with Crippen LogP contribution in [0.25, 0.3) is 0 Å². The van der Waals surface area contributed by atoms with Crippen molar-refractivity contribution in [2.24, 2.45) is 5.84 Å². The van der Waals surface area contributed by atoms with Gasteiger partial charge in [0.05, 0.1) is 19.3 Å². The van der Waals surface area contributed by atoms with E-state index in [0.717, 1.165) is 26.0 Å². The van der Waals surface area contributed by atoms with Crippen LogP contribution in [0.5, 0.6) is 0 Å². The first kappa shape index (κ1) is 12.6. The molecule has 1 aliphatic carbocycles. The zero-order valence-corrected chi connectivity index (χ0v) is 10.7. The van der Waals surface area contributed by atoms with E-state index in [1.54, 1.807) is 6.07 Å². The smallest absolute Gasteiger partial charge is 0.287 e. The largest absolute Gasteiger partial charge is 0.375 e. The number of hydrogen-bond donors (Lipinski definition) is 2. The lowest BCUT2D eigenvalue weighted by Gasteiger charge is -2.36. The number of fused-ring (bicyclic) bond motifs is 1. The molecule has 0 spiro atoms. The third-order valence-electron chi connectivity index (χ3n) is 3.88. The maximum Gasteiger partial charge on any atom is 0.287 e. The minimum Gasteiger partial charge on any atom is -0.375 e. The highest BCUT2D eigenvalue weighted by molar-refractivity contribution is 5.91. The zero-order valence-electron chi connectivity index (χ0n) is 10.7. The van der Waals surface area contributed by atoms with Crippen LogP contribution in [0.1, 0.15) is 35.5 Å². The van der Waals surface area contributed by atoms with Crippen LogP contribution in [0.2, 0.25) is 0 Å². The average molecular weight is 266 g/mol. The first-order chi connectivity index (χ1) is 9.28. The van der Waals surface area contributed by atoms with Gasteiger partial charge in [0.1, 0.15) is 0 Å². The second kappa shape index (κ2) is 5.28. The fourth-order valence-electron chi connectivity index (χ4n) is 2.97. The fraction of sp³-hybridized carbons (Fsp3) is 0.667. The molecular formula is C12H18N4O3. The molecule has 1 aromatic rings. The lowest BCUT2D eigenvalue weighted by Crippen LogP contribution is -2.47. The molecule has 2 atom stereocenters. The summed E-state index contributed by atoms with van der Waals surface area (Å²) in [6.07, 6.45) is 3.86. The number of amides is 1. The summed E-state index contributed by atoms with van der Waals surface area (Å²) in [6, 6.07) is 2.10. The summed E-state index contributed by atoms with van der Waals surface area (Å²) in [5.41, 5.74) is 2.26. The van der Waals surface area contributed by atoms with E-state index in [-0.39, 0.29) is 5.69 Å². The number of hydrazine groups is 1. The molecule has 7 nitrogen and oxygen atoms in total. The van der Waals surface area contributed by atoms with E-state index in [0.29, 0.717) is 24.5 Å². The Morgan fingerprint density at radius 1 is 1.58 bits per heavy atom. The van der Waals surface area contributed by atoms with Gasteiger partial charge in [-0.2, -0.15) is 0 Å². The van der Waals surface area contributed by atoms with Gasteiger partial charge in [0, 0.05) is 18.7 Å². The summed E-state index contributed by atoms with van der Waals surface area (Å²) in [6.45, 7) is 2.31. The second-order valence-electron chi connectivity index (χ2n) is 5.03. The van der Waals surface area contributed by atoms with Gasteiger partial charge in [0.25, 0.3) is 5.91 Å². The Morgan fingerprint density at radius 2 is 2.47 bits per heavy atom. The van der Waals surface area contributed by atoms with Crippen molar-refractivity contribution >= 4 is 5.91 Å². The van der Waals surface area contributed by atoms with Gasteiger partial charge in [-0.1, -0.05) is 5.16 Å². The lowest BCUT2D eigenvalue weighted by molar-refractivity contribution is -0.0610. The summed E-state index contributed by atoms with van der Waals surface area (Å²) in [5.74, 6) is 5.31. The lowest BCUT2D eigenvalue weighted by atomic mass is 10.1. The number of nitrogens with one attached hydrogen (secondary N) is 1. The fourth-order valence-corrected chi connectivity index (χ4v) is 2.97. The Labute approximate surface area is 111 Å². The van der Waals surface area contributed by atoms with Crippen LogP contribution in [0.15, 0.2) is 10.6 Å². The average Bonchev–Trinajstić information content (AvgIpc) is 3.07. The van der Waals surface area contributed by atoms with E-state index < -0.39 is 5.91 Å². The van der Waals surface area contributed by atoms with Crippen molar-refractivity contribution < 1.29 is 14.1 Å². The van der Waals surface area contributed by atoms with Crippen molar-refractivity contribution in [1.82, 2.24) is 15.5 Å². The van der Waals surface area contributed by atoms with Gasteiger partial charge in [-0.3, -0.25) is 15.1 Å². The Kier molecular flexibility index (Phi) is 3.50. The van der Waals surface area contributed by atoms with Crippen molar-refractivity contribution in [3.8, 4) is 0 Å². The van der Waals surface area contributed by atoms with Crippen LogP contribution < -0.4 is 11.3 Å². The predicted molar refractivity (Wildman–Crippen MR) is 65.9 cm³/mol. The molecule has 0 radical (unpaired) electrons. The molecule has 1 saturated heterocycles. The second-order valence-corrected chi connectivity index (χ2v) is 5.03. The van der Waals surface area contributed by atoms with Crippen LogP contribution in [0.4, 0.5) is 0 Å². The minimum atomic E-state index is -0.435. The Balaban J connectivity index is 1.67. The summed E-state index contributed by atoms with van der Waals surface area (Å²) >= 11 is 0. The predicted octanol–water partition coefficient (Wildman–Crippen LogP) is 0.0314. The molecule has 0 aromatic carbocycles. The van der Waals surface area contributed by atoms with Gasteiger partial charge in [0.15, 0.2) is 11.5 Å². The van der Waals surface area contributed by atoms with Gasteiger partial charge in [0.2, 0.25) is 0 Å². The molecule has 1 aromatic heterocycles. The highest BCUT2D eigenvalue weighted by Crippen LogP contribution is 2.30. The maximum atomic E-state index is 11.3. The van der Waals surface area contributed by atoms with Gasteiger partial charge in [-0.05, 0) is 19.3 Å². The molecule has 1 saturated carbocycles. The Hall–Kier alpha value is -1.44. The molecule has 0 bridgehead atoms. The summed E-state index contributed by atoms with van der Waals surface area (Å²) in [5, 5.41) is 3.71.